The molecule has 4 rings (SSSR count). The number of aromatic hydroxyl groups is 1. The average Bonchev–Trinajstić information content (AvgIpc) is 3.22. The van der Waals surface area contributed by atoms with Gasteiger partial charge < -0.3 is 15.0 Å². The molecule has 1 aliphatic rings. The average molecular weight is 319 g/mol. The molecule has 1 fully saturated rings. The lowest BCUT2D eigenvalue weighted by atomic mass is 10.1. The summed E-state index contributed by atoms with van der Waals surface area (Å²) in [5.41, 5.74) is 4.94. The lowest BCUT2D eigenvalue weighted by molar-refractivity contribution is 0.457. The Kier molecular flexibility index (Phi) is 3.73. The number of hydrogen-bond donors (Lipinski definition) is 2. The zero-order chi connectivity index (χ0) is 16.5. The minimum atomic E-state index is 0.164. The maximum Gasteiger partial charge on any atom is 0.198 e. The largest absolute Gasteiger partial charge is 0.494 e. The van der Waals surface area contributed by atoms with Gasteiger partial charge in [-0.1, -0.05) is 12.1 Å². The van der Waals surface area contributed by atoms with Crippen molar-refractivity contribution in [2.75, 3.05) is 18.0 Å². The zero-order valence-corrected chi connectivity index (χ0v) is 13.8. The molecule has 1 aromatic heterocycles. The van der Waals surface area contributed by atoms with Crippen molar-refractivity contribution in [1.82, 2.24) is 4.98 Å². The van der Waals surface area contributed by atoms with Crippen LogP contribution in [0.3, 0.4) is 0 Å². The third-order valence-electron chi connectivity index (χ3n) is 4.71. The van der Waals surface area contributed by atoms with Crippen LogP contribution in [0, 0.1) is 6.92 Å². The molecule has 0 atom stereocenters. The van der Waals surface area contributed by atoms with Gasteiger partial charge in [-0.25, -0.2) is 0 Å². The van der Waals surface area contributed by atoms with E-state index in [4.69, 9.17) is 0 Å². The number of anilines is 1. The Morgan fingerprint density at radius 1 is 1.08 bits per heavy atom. The van der Waals surface area contributed by atoms with Gasteiger partial charge in [-0.15, -0.1) is 0 Å². The number of fused-ring (bicyclic) bond motifs is 1. The third kappa shape index (κ3) is 2.64. The number of rotatable bonds is 3. The first kappa shape index (κ1) is 14.8. The summed E-state index contributed by atoms with van der Waals surface area (Å²) in [6.45, 7) is 4.33. The molecule has 122 valence electrons. The van der Waals surface area contributed by atoms with Crippen molar-refractivity contribution < 1.29 is 5.11 Å². The van der Waals surface area contributed by atoms with Crippen LogP contribution < -0.4 is 4.90 Å². The van der Waals surface area contributed by atoms with Crippen LogP contribution >= 0.6 is 0 Å². The van der Waals surface area contributed by atoms with Crippen LogP contribution in [0.15, 0.2) is 47.5 Å². The highest BCUT2D eigenvalue weighted by Crippen LogP contribution is 2.29. The summed E-state index contributed by atoms with van der Waals surface area (Å²) in [5.74, 6) is 0.164. The number of aryl methyl sites for hydroxylation is 1. The monoisotopic (exact) mass is 319 g/mol. The molecule has 2 aromatic carbocycles. The molecule has 4 heteroatoms. The molecule has 2 heterocycles. The van der Waals surface area contributed by atoms with Gasteiger partial charge >= 0.3 is 0 Å². The van der Waals surface area contributed by atoms with Crippen molar-refractivity contribution in [3.8, 4) is 5.88 Å². The van der Waals surface area contributed by atoms with Gasteiger partial charge in [0, 0.05) is 35.9 Å². The van der Waals surface area contributed by atoms with Gasteiger partial charge in [-0.3, -0.25) is 4.99 Å². The molecular formula is C20H21N3O. The number of nitrogens with one attached hydrogen (secondary N) is 1. The zero-order valence-electron chi connectivity index (χ0n) is 13.8. The molecule has 1 aliphatic heterocycles. The van der Waals surface area contributed by atoms with E-state index in [9.17, 15) is 5.11 Å². The molecule has 3 aromatic rings. The molecule has 1 saturated heterocycles. The molecule has 24 heavy (non-hydrogen) atoms. The lowest BCUT2D eigenvalue weighted by Crippen LogP contribution is -2.17. The predicted molar refractivity (Wildman–Crippen MR) is 99.8 cm³/mol. The summed E-state index contributed by atoms with van der Waals surface area (Å²) in [4.78, 5) is 9.96. The van der Waals surface area contributed by atoms with E-state index in [0.717, 1.165) is 40.8 Å². The van der Waals surface area contributed by atoms with E-state index in [1.165, 1.54) is 18.5 Å². The highest BCUT2D eigenvalue weighted by Gasteiger charge is 2.12. The van der Waals surface area contributed by atoms with Crippen molar-refractivity contribution in [2.24, 2.45) is 4.99 Å². The van der Waals surface area contributed by atoms with Crippen LogP contribution in [-0.2, 0) is 0 Å². The second kappa shape index (κ2) is 6.04. The first-order chi connectivity index (χ1) is 11.7. The normalized spacial score (nSPS) is 15.0. The van der Waals surface area contributed by atoms with E-state index >= 15 is 0 Å². The summed E-state index contributed by atoms with van der Waals surface area (Å²) >= 11 is 0. The fraction of sp³-hybridized carbons (Fsp3) is 0.250. The van der Waals surface area contributed by atoms with Crippen molar-refractivity contribution in [3.63, 3.8) is 0 Å². The van der Waals surface area contributed by atoms with Crippen LogP contribution in [-0.4, -0.2) is 29.4 Å². The van der Waals surface area contributed by atoms with E-state index in [-0.39, 0.29) is 5.88 Å². The minimum Gasteiger partial charge on any atom is -0.494 e. The van der Waals surface area contributed by atoms with Crippen molar-refractivity contribution in [2.45, 2.75) is 19.8 Å². The topological polar surface area (TPSA) is 51.6 Å². The van der Waals surface area contributed by atoms with Gasteiger partial charge in [0.05, 0.1) is 11.3 Å². The molecule has 0 bridgehead atoms. The Hall–Kier alpha value is -2.75. The summed E-state index contributed by atoms with van der Waals surface area (Å²) < 4.78 is 0. The van der Waals surface area contributed by atoms with Gasteiger partial charge in [0.2, 0.25) is 0 Å². The SMILES string of the molecule is Cc1cccc2[nH]c(O)c(C=Nc3ccc(N4CCCC4)cc3)c12. The quantitative estimate of drug-likeness (QED) is 0.697. The standard InChI is InChI=1S/C20H21N3O/c1-14-5-4-6-18-19(14)17(20(24)22-18)13-21-15-7-9-16(10-8-15)23-11-2-3-12-23/h4-10,13,22,24H,2-3,11-12H2,1H3. The Morgan fingerprint density at radius 2 is 1.83 bits per heavy atom. The molecule has 4 nitrogen and oxygen atoms in total. The van der Waals surface area contributed by atoms with E-state index in [2.05, 4.69) is 27.0 Å². The highest BCUT2D eigenvalue weighted by molar-refractivity contribution is 6.04. The van der Waals surface area contributed by atoms with Gasteiger partial charge in [-0.2, -0.15) is 0 Å². The predicted octanol–water partition coefficient (Wildman–Crippen LogP) is 4.53. The maximum absolute atomic E-state index is 10.2. The Bertz CT molecular complexity index is 887. The van der Waals surface area contributed by atoms with Gasteiger partial charge in [0.25, 0.3) is 0 Å². The molecular weight excluding hydrogens is 298 g/mol. The number of aliphatic imine (C=N–C) groups is 1. The lowest BCUT2D eigenvalue weighted by Gasteiger charge is -2.17. The summed E-state index contributed by atoms with van der Waals surface area (Å²) in [6, 6.07) is 14.3. The van der Waals surface area contributed by atoms with Crippen LogP contribution in [0.1, 0.15) is 24.0 Å². The van der Waals surface area contributed by atoms with Gasteiger partial charge in [0.1, 0.15) is 0 Å². The number of aromatic nitrogens is 1. The highest BCUT2D eigenvalue weighted by atomic mass is 16.3. The van der Waals surface area contributed by atoms with Crippen molar-refractivity contribution in [1.29, 1.82) is 0 Å². The second-order valence-corrected chi connectivity index (χ2v) is 6.35. The summed E-state index contributed by atoms with van der Waals surface area (Å²) in [6.07, 6.45) is 4.30. The van der Waals surface area contributed by atoms with Crippen LogP contribution in [0.2, 0.25) is 0 Å². The molecule has 0 saturated carbocycles. The van der Waals surface area contributed by atoms with E-state index < -0.39 is 0 Å². The summed E-state index contributed by atoms with van der Waals surface area (Å²) in [7, 11) is 0. The third-order valence-corrected chi connectivity index (χ3v) is 4.71. The number of hydrogen-bond acceptors (Lipinski definition) is 3. The molecule has 0 aliphatic carbocycles. The van der Waals surface area contributed by atoms with E-state index in [1.807, 2.05) is 37.3 Å². The fourth-order valence-corrected chi connectivity index (χ4v) is 3.43. The maximum atomic E-state index is 10.2. The fourth-order valence-electron chi connectivity index (χ4n) is 3.43. The van der Waals surface area contributed by atoms with Crippen LogP contribution in [0.4, 0.5) is 11.4 Å². The van der Waals surface area contributed by atoms with E-state index in [0.29, 0.717) is 0 Å². The Balaban J connectivity index is 1.62. The minimum absolute atomic E-state index is 0.164. The molecule has 0 amide bonds. The van der Waals surface area contributed by atoms with Crippen molar-refractivity contribution in [3.05, 3.63) is 53.6 Å². The van der Waals surface area contributed by atoms with Crippen LogP contribution in [0.5, 0.6) is 5.88 Å². The first-order valence-corrected chi connectivity index (χ1v) is 8.42. The summed E-state index contributed by atoms with van der Waals surface area (Å²) in [5, 5.41) is 11.2. The Morgan fingerprint density at radius 3 is 2.58 bits per heavy atom. The molecule has 0 unspecified atom stereocenters. The van der Waals surface area contributed by atoms with Gasteiger partial charge in [-0.05, 0) is 55.7 Å². The van der Waals surface area contributed by atoms with Crippen LogP contribution in [0.25, 0.3) is 10.9 Å². The number of benzene rings is 2. The Labute approximate surface area is 141 Å². The molecule has 0 spiro atoms. The second-order valence-electron chi connectivity index (χ2n) is 6.35. The molecule has 2 N–H and O–H groups in total. The molecule has 0 radical (unpaired) electrons. The van der Waals surface area contributed by atoms with Gasteiger partial charge in [0.15, 0.2) is 5.88 Å². The number of aromatic amines is 1. The smallest absolute Gasteiger partial charge is 0.198 e. The number of nitrogens with zero attached hydrogens (tertiary/aromatic N) is 2. The van der Waals surface area contributed by atoms with E-state index in [1.54, 1.807) is 6.21 Å². The van der Waals surface area contributed by atoms with Crippen molar-refractivity contribution >= 4 is 28.5 Å². The first-order valence-electron chi connectivity index (χ1n) is 8.42. The number of H-pyrrole nitrogens is 1.